The van der Waals surface area contributed by atoms with E-state index in [1.165, 1.54) is 5.56 Å². The van der Waals surface area contributed by atoms with E-state index in [4.69, 9.17) is 0 Å². The number of hydrogen-bond donors (Lipinski definition) is 1. The van der Waals surface area contributed by atoms with Crippen molar-refractivity contribution in [1.82, 2.24) is 14.3 Å². The third-order valence-corrected chi connectivity index (χ3v) is 3.84. The molecule has 3 rings (SSSR count). The Morgan fingerprint density at radius 1 is 1.13 bits per heavy atom. The molecular formula is C18H20N4O. The third-order valence-electron chi connectivity index (χ3n) is 3.84. The van der Waals surface area contributed by atoms with Crippen LogP contribution in [0.25, 0.3) is 5.82 Å². The number of benzene rings is 1. The molecule has 0 atom stereocenters. The lowest BCUT2D eigenvalue weighted by atomic mass is 10.0. The quantitative estimate of drug-likeness (QED) is 0.801. The first-order chi connectivity index (χ1) is 11.1. The van der Waals surface area contributed by atoms with Gasteiger partial charge in [-0.05, 0) is 35.7 Å². The van der Waals surface area contributed by atoms with E-state index in [1.54, 1.807) is 10.9 Å². The summed E-state index contributed by atoms with van der Waals surface area (Å²) in [6.07, 6.45) is 5.38. The Morgan fingerprint density at radius 2 is 1.78 bits per heavy atom. The van der Waals surface area contributed by atoms with Crippen molar-refractivity contribution in [3.8, 4) is 5.82 Å². The zero-order valence-corrected chi connectivity index (χ0v) is 13.5. The summed E-state index contributed by atoms with van der Waals surface area (Å²) in [5.74, 6) is 1.05. The van der Waals surface area contributed by atoms with Gasteiger partial charge in [0.2, 0.25) is 0 Å². The van der Waals surface area contributed by atoms with Crippen LogP contribution in [0.3, 0.4) is 0 Å². The normalized spacial score (nSPS) is 11.0. The summed E-state index contributed by atoms with van der Waals surface area (Å²) < 4.78 is 3.57. The fourth-order valence-electron chi connectivity index (χ4n) is 2.52. The molecule has 0 bridgehead atoms. The van der Waals surface area contributed by atoms with Gasteiger partial charge in [0.1, 0.15) is 11.4 Å². The summed E-state index contributed by atoms with van der Waals surface area (Å²) in [5, 5.41) is 7.14. The average molecular weight is 308 g/mol. The molecule has 0 saturated heterocycles. The second kappa shape index (κ2) is 6.12. The lowest BCUT2D eigenvalue weighted by Crippen LogP contribution is -2.15. The second-order valence-electron chi connectivity index (χ2n) is 5.83. The molecule has 0 spiro atoms. The molecule has 5 heteroatoms. The monoisotopic (exact) mass is 308 g/mol. The number of nitrogens with one attached hydrogen (secondary N) is 1. The maximum Gasteiger partial charge on any atom is 0.261 e. The number of carbonyl (C=O) groups excluding carboxylic acids is 1. The Balaban J connectivity index is 1.84. The van der Waals surface area contributed by atoms with Crippen molar-refractivity contribution in [2.24, 2.45) is 7.05 Å². The molecule has 0 aliphatic heterocycles. The number of carbonyl (C=O) groups is 1. The van der Waals surface area contributed by atoms with E-state index in [0.717, 1.165) is 11.5 Å². The minimum absolute atomic E-state index is 0.168. The molecule has 0 saturated carbocycles. The summed E-state index contributed by atoms with van der Waals surface area (Å²) in [6, 6.07) is 11.8. The molecule has 1 N–H and O–H groups in total. The van der Waals surface area contributed by atoms with Gasteiger partial charge in [-0.3, -0.25) is 9.48 Å². The van der Waals surface area contributed by atoms with E-state index in [9.17, 15) is 4.79 Å². The highest BCUT2D eigenvalue weighted by atomic mass is 16.1. The van der Waals surface area contributed by atoms with Gasteiger partial charge in [-0.25, -0.2) is 0 Å². The summed E-state index contributed by atoms with van der Waals surface area (Å²) in [6.45, 7) is 4.29. The van der Waals surface area contributed by atoms with Gasteiger partial charge in [-0.15, -0.1) is 0 Å². The second-order valence-corrected chi connectivity index (χ2v) is 5.83. The topological polar surface area (TPSA) is 51.9 Å². The van der Waals surface area contributed by atoms with E-state index < -0.39 is 0 Å². The van der Waals surface area contributed by atoms with Crippen molar-refractivity contribution in [3.05, 3.63) is 66.1 Å². The maximum atomic E-state index is 12.6. The molecule has 2 aromatic heterocycles. The van der Waals surface area contributed by atoms with Gasteiger partial charge in [-0.1, -0.05) is 26.0 Å². The van der Waals surface area contributed by atoms with Crippen molar-refractivity contribution in [2.75, 3.05) is 5.32 Å². The van der Waals surface area contributed by atoms with Crippen molar-refractivity contribution in [1.29, 1.82) is 0 Å². The summed E-state index contributed by atoms with van der Waals surface area (Å²) >= 11 is 0. The van der Waals surface area contributed by atoms with Crippen molar-refractivity contribution >= 4 is 11.6 Å². The Hall–Kier alpha value is -2.82. The number of rotatable bonds is 4. The zero-order chi connectivity index (χ0) is 16.4. The van der Waals surface area contributed by atoms with Gasteiger partial charge in [0.25, 0.3) is 5.91 Å². The largest absolute Gasteiger partial charge is 0.322 e. The van der Waals surface area contributed by atoms with E-state index in [2.05, 4.69) is 24.3 Å². The Morgan fingerprint density at radius 3 is 2.39 bits per heavy atom. The van der Waals surface area contributed by atoms with E-state index in [0.29, 0.717) is 11.5 Å². The molecule has 3 aromatic rings. The number of hydrogen-bond acceptors (Lipinski definition) is 2. The van der Waals surface area contributed by atoms with E-state index in [1.807, 2.05) is 60.4 Å². The predicted molar refractivity (Wildman–Crippen MR) is 91.0 cm³/mol. The van der Waals surface area contributed by atoms with Crippen molar-refractivity contribution in [2.45, 2.75) is 19.8 Å². The zero-order valence-electron chi connectivity index (χ0n) is 13.5. The average Bonchev–Trinajstić information content (AvgIpc) is 3.16. The van der Waals surface area contributed by atoms with E-state index in [-0.39, 0.29) is 5.91 Å². The first kappa shape index (κ1) is 15.1. The molecule has 0 fully saturated rings. The highest BCUT2D eigenvalue weighted by molar-refractivity contribution is 6.06. The van der Waals surface area contributed by atoms with Crippen LogP contribution in [0.4, 0.5) is 5.69 Å². The van der Waals surface area contributed by atoms with Crippen LogP contribution < -0.4 is 5.32 Å². The number of nitrogens with zero attached hydrogens (tertiary/aromatic N) is 3. The van der Waals surface area contributed by atoms with Gasteiger partial charge >= 0.3 is 0 Å². The smallest absolute Gasteiger partial charge is 0.261 e. The van der Waals surface area contributed by atoms with Gasteiger partial charge < -0.3 is 9.88 Å². The Labute approximate surface area is 135 Å². The molecule has 5 nitrogen and oxygen atoms in total. The standard InChI is InChI=1S/C18H20N4O/c1-13(2)14-6-8-15(9-7-14)20-17(23)16-12-19-21(3)18(16)22-10-4-5-11-22/h4-13H,1-3H3,(H,20,23). The lowest BCUT2D eigenvalue weighted by molar-refractivity contribution is 0.102. The van der Waals surface area contributed by atoms with Crippen LogP contribution in [-0.4, -0.2) is 20.3 Å². The Kier molecular flexibility index (Phi) is 4.02. The first-order valence-electron chi connectivity index (χ1n) is 7.63. The fourth-order valence-corrected chi connectivity index (χ4v) is 2.52. The van der Waals surface area contributed by atoms with Crippen LogP contribution in [0, 0.1) is 0 Å². The van der Waals surface area contributed by atoms with Crippen LogP contribution in [0.15, 0.2) is 55.0 Å². The minimum Gasteiger partial charge on any atom is -0.322 e. The SMILES string of the molecule is CC(C)c1ccc(NC(=O)c2cnn(C)c2-n2cccc2)cc1. The molecule has 2 heterocycles. The maximum absolute atomic E-state index is 12.6. The van der Waals surface area contributed by atoms with Crippen molar-refractivity contribution < 1.29 is 4.79 Å². The number of aryl methyl sites for hydroxylation is 1. The number of anilines is 1. The molecule has 118 valence electrons. The molecule has 1 aromatic carbocycles. The summed E-state index contributed by atoms with van der Waals surface area (Å²) in [7, 11) is 1.82. The fraction of sp³-hybridized carbons (Fsp3) is 0.222. The highest BCUT2D eigenvalue weighted by Crippen LogP contribution is 2.19. The molecule has 0 unspecified atom stereocenters. The molecule has 1 amide bonds. The van der Waals surface area contributed by atoms with Crippen LogP contribution in [0.5, 0.6) is 0 Å². The molecule has 0 aliphatic rings. The summed E-state index contributed by atoms with van der Waals surface area (Å²) in [5.41, 5.74) is 2.57. The van der Waals surface area contributed by atoms with Gasteiger partial charge in [0.05, 0.1) is 6.20 Å². The third kappa shape index (κ3) is 3.04. The number of amides is 1. The van der Waals surface area contributed by atoms with Gasteiger partial charge in [-0.2, -0.15) is 5.10 Å². The predicted octanol–water partition coefficient (Wildman–Crippen LogP) is 3.59. The van der Waals surface area contributed by atoms with Crippen LogP contribution in [0.1, 0.15) is 35.7 Å². The number of aromatic nitrogens is 3. The molecule has 23 heavy (non-hydrogen) atoms. The minimum atomic E-state index is -0.168. The first-order valence-corrected chi connectivity index (χ1v) is 7.63. The van der Waals surface area contributed by atoms with E-state index >= 15 is 0 Å². The van der Waals surface area contributed by atoms with Crippen LogP contribution in [-0.2, 0) is 7.05 Å². The van der Waals surface area contributed by atoms with Crippen LogP contribution >= 0.6 is 0 Å². The highest BCUT2D eigenvalue weighted by Gasteiger charge is 2.17. The summed E-state index contributed by atoms with van der Waals surface area (Å²) in [4.78, 5) is 12.6. The Bertz CT molecular complexity index is 798. The van der Waals surface area contributed by atoms with Crippen molar-refractivity contribution in [3.63, 3.8) is 0 Å². The lowest BCUT2D eigenvalue weighted by Gasteiger charge is -2.10. The van der Waals surface area contributed by atoms with Crippen LogP contribution in [0.2, 0.25) is 0 Å². The molecular weight excluding hydrogens is 288 g/mol. The van der Waals surface area contributed by atoms with Gasteiger partial charge in [0, 0.05) is 25.1 Å². The molecule has 0 aliphatic carbocycles. The van der Waals surface area contributed by atoms with Gasteiger partial charge in [0.15, 0.2) is 0 Å². The molecule has 0 radical (unpaired) electrons.